The van der Waals surface area contributed by atoms with E-state index < -0.39 is 0 Å². The molecule has 0 saturated heterocycles. The summed E-state index contributed by atoms with van der Waals surface area (Å²) in [5, 5.41) is 6.33. The molecule has 0 unspecified atom stereocenters. The predicted octanol–water partition coefficient (Wildman–Crippen LogP) is 3.58. The summed E-state index contributed by atoms with van der Waals surface area (Å²) in [6.07, 6.45) is 0.756. The fraction of sp³-hybridized carbons (Fsp3) is 0.333. The second kappa shape index (κ2) is 5.86. The van der Waals surface area contributed by atoms with Crippen molar-refractivity contribution >= 4 is 17.3 Å². The number of nitrogens with one attached hydrogen (secondary N) is 2. The van der Waals surface area contributed by atoms with Crippen LogP contribution in [0.1, 0.15) is 23.9 Å². The first-order valence-electron chi connectivity index (χ1n) is 6.63. The van der Waals surface area contributed by atoms with Crippen molar-refractivity contribution in [3.8, 4) is 0 Å². The molecule has 0 fully saturated rings. The van der Waals surface area contributed by atoms with Crippen LogP contribution in [-0.4, -0.2) is 17.0 Å². The minimum absolute atomic E-state index is 0.238. The van der Waals surface area contributed by atoms with E-state index >= 15 is 0 Å². The standard InChI is InChI=1S/C15H19FN4/c1-5-13-19-14(17-4)10(3)15(20-13)18-12-7-6-11(16)8-9(12)2/h6-8H,5H2,1-4H3,(H2,17,18,19,20). The smallest absolute Gasteiger partial charge is 0.139 e. The topological polar surface area (TPSA) is 49.8 Å². The molecule has 0 atom stereocenters. The van der Waals surface area contributed by atoms with Crippen LogP contribution in [0.2, 0.25) is 0 Å². The van der Waals surface area contributed by atoms with Gasteiger partial charge in [0.2, 0.25) is 0 Å². The Kier molecular flexibility index (Phi) is 4.17. The van der Waals surface area contributed by atoms with E-state index in [0.717, 1.165) is 40.7 Å². The molecule has 0 aliphatic rings. The monoisotopic (exact) mass is 274 g/mol. The summed E-state index contributed by atoms with van der Waals surface area (Å²) in [7, 11) is 1.84. The molecule has 4 nitrogen and oxygen atoms in total. The van der Waals surface area contributed by atoms with E-state index in [0.29, 0.717) is 0 Å². The van der Waals surface area contributed by atoms with Crippen LogP contribution in [0.25, 0.3) is 0 Å². The Labute approximate surface area is 118 Å². The Bertz CT molecular complexity index is 626. The summed E-state index contributed by atoms with van der Waals surface area (Å²) in [5.41, 5.74) is 2.62. The van der Waals surface area contributed by atoms with Crippen molar-refractivity contribution in [1.82, 2.24) is 9.97 Å². The molecule has 0 radical (unpaired) electrons. The minimum atomic E-state index is -0.238. The third-order valence-electron chi connectivity index (χ3n) is 3.19. The van der Waals surface area contributed by atoms with Crippen molar-refractivity contribution in [2.45, 2.75) is 27.2 Å². The van der Waals surface area contributed by atoms with Crippen molar-refractivity contribution in [1.29, 1.82) is 0 Å². The maximum atomic E-state index is 13.1. The number of hydrogen-bond donors (Lipinski definition) is 2. The SMILES string of the molecule is CCc1nc(NC)c(C)c(Nc2ccc(F)cc2C)n1. The molecule has 20 heavy (non-hydrogen) atoms. The molecule has 1 aromatic carbocycles. The van der Waals surface area contributed by atoms with Gasteiger partial charge in [-0.2, -0.15) is 0 Å². The lowest BCUT2D eigenvalue weighted by atomic mass is 10.2. The lowest BCUT2D eigenvalue weighted by molar-refractivity contribution is 0.627. The Morgan fingerprint density at radius 3 is 2.45 bits per heavy atom. The number of halogens is 1. The van der Waals surface area contributed by atoms with Crippen molar-refractivity contribution in [2.75, 3.05) is 17.7 Å². The van der Waals surface area contributed by atoms with Crippen molar-refractivity contribution in [3.05, 3.63) is 41.0 Å². The Hall–Kier alpha value is -2.17. The molecule has 1 aromatic heterocycles. The summed E-state index contributed by atoms with van der Waals surface area (Å²) in [5.74, 6) is 2.08. The molecule has 2 rings (SSSR count). The van der Waals surface area contributed by atoms with E-state index in [-0.39, 0.29) is 5.82 Å². The molecule has 0 bridgehead atoms. The van der Waals surface area contributed by atoms with Gasteiger partial charge >= 0.3 is 0 Å². The van der Waals surface area contributed by atoms with Crippen molar-refractivity contribution in [3.63, 3.8) is 0 Å². The fourth-order valence-corrected chi connectivity index (χ4v) is 1.98. The number of aromatic nitrogens is 2. The van der Waals surface area contributed by atoms with Gasteiger partial charge in [-0.3, -0.25) is 0 Å². The number of anilines is 3. The van der Waals surface area contributed by atoms with Crippen LogP contribution in [0.4, 0.5) is 21.7 Å². The third-order valence-corrected chi connectivity index (χ3v) is 3.19. The second-order valence-electron chi connectivity index (χ2n) is 4.65. The van der Waals surface area contributed by atoms with Gasteiger partial charge in [0.05, 0.1) is 0 Å². The fourth-order valence-electron chi connectivity index (χ4n) is 1.98. The average Bonchev–Trinajstić information content (AvgIpc) is 2.43. The van der Waals surface area contributed by atoms with Gasteiger partial charge in [-0.15, -0.1) is 0 Å². The highest BCUT2D eigenvalue weighted by Gasteiger charge is 2.10. The summed E-state index contributed by atoms with van der Waals surface area (Å²) in [6, 6.07) is 4.65. The molecule has 0 saturated carbocycles. The summed E-state index contributed by atoms with van der Waals surface area (Å²) >= 11 is 0. The molecule has 106 valence electrons. The molecule has 0 aliphatic heterocycles. The highest BCUT2D eigenvalue weighted by Crippen LogP contribution is 2.25. The van der Waals surface area contributed by atoms with E-state index in [2.05, 4.69) is 20.6 Å². The van der Waals surface area contributed by atoms with E-state index in [9.17, 15) is 4.39 Å². The lowest BCUT2D eigenvalue weighted by Crippen LogP contribution is -2.07. The first kappa shape index (κ1) is 14.2. The first-order chi connectivity index (χ1) is 9.55. The quantitative estimate of drug-likeness (QED) is 0.894. The van der Waals surface area contributed by atoms with Crippen molar-refractivity contribution in [2.24, 2.45) is 0 Å². The first-order valence-corrected chi connectivity index (χ1v) is 6.63. The van der Waals surface area contributed by atoms with Gasteiger partial charge in [-0.05, 0) is 37.6 Å². The third kappa shape index (κ3) is 2.87. The largest absolute Gasteiger partial charge is 0.373 e. The summed E-state index contributed by atoms with van der Waals surface area (Å²) in [4.78, 5) is 8.93. The van der Waals surface area contributed by atoms with Crippen LogP contribution in [-0.2, 0) is 6.42 Å². The lowest BCUT2D eigenvalue weighted by Gasteiger charge is -2.14. The number of aryl methyl sites for hydroxylation is 2. The maximum absolute atomic E-state index is 13.1. The molecule has 0 aliphatic carbocycles. The number of benzene rings is 1. The number of nitrogens with zero attached hydrogens (tertiary/aromatic N) is 2. The predicted molar refractivity (Wildman–Crippen MR) is 80.1 cm³/mol. The van der Waals surface area contributed by atoms with Crippen LogP contribution in [0.3, 0.4) is 0 Å². The van der Waals surface area contributed by atoms with Crippen molar-refractivity contribution < 1.29 is 4.39 Å². The molecule has 2 N–H and O–H groups in total. The van der Waals surface area contributed by atoms with E-state index in [1.807, 2.05) is 27.8 Å². The van der Waals surface area contributed by atoms with E-state index in [1.165, 1.54) is 12.1 Å². The van der Waals surface area contributed by atoms with Gasteiger partial charge < -0.3 is 10.6 Å². The van der Waals surface area contributed by atoms with Gasteiger partial charge in [0, 0.05) is 24.7 Å². The van der Waals surface area contributed by atoms with Gasteiger partial charge in [0.25, 0.3) is 0 Å². The average molecular weight is 274 g/mol. The van der Waals surface area contributed by atoms with Gasteiger partial charge in [-0.1, -0.05) is 6.92 Å². The molecule has 0 spiro atoms. The molecular weight excluding hydrogens is 255 g/mol. The van der Waals surface area contributed by atoms with E-state index in [4.69, 9.17) is 0 Å². The Morgan fingerprint density at radius 2 is 1.85 bits per heavy atom. The minimum Gasteiger partial charge on any atom is -0.373 e. The summed E-state index contributed by atoms with van der Waals surface area (Å²) < 4.78 is 13.1. The summed E-state index contributed by atoms with van der Waals surface area (Å²) in [6.45, 7) is 5.82. The Balaban J connectivity index is 2.42. The zero-order valence-corrected chi connectivity index (χ0v) is 12.2. The second-order valence-corrected chi connectivity index (χ2v) is 4.65. The number of hydrogen-bond acceptors (Lipinski definition) is 4. The van der Waals surface area contributed by atoms with E-state index in [1.54, 1.807) is 6.07 Å². The molecule has 0 amide bonds. The molecular formula is C15H19FN4. The van der Waals surface area contributed by atoms with Crippen LogP contribution in [0.15, 0.2) is 18.2 Å². The van der Waals surface area contributed by atoms with Gasteiger partial charge in [0.1, 0.15) is 23.3 Å². The van der Waals surface area contributed by atoms with Crippen LogP contribution >= 0.6 is 0 Å². The van der Waals surface area contributed by atoms with Crippen LogP contribution < -0.4 is 10.6 Å². The van der Waals surface area contributed by atoms with Gasteiger partial charge in [0.15, 0.2) is 0 Å². The maximum Gasteiger partial charge on any atom is 0.139 e. The molecule has 1 heterocycles. The highest BCUT2D eigenvalue weighted by atomic mass is 19.1. The Morgan fingerprint density at radius 1 is 1.15 bits per heavy atom. The van der Waals surface area contributed by atoms with Gasteiger partial charge in [-0.25, -0.2) is 14.4 Å². The molecule has 2 aromatic rings. The zero-order chi connectivity index (χ0) is 14.7. The zero-order valence-electron chi connectivity index (χ0n) is 12.2. The number of rotatable bonds is 4. The normalized spacial score (nSPS) is 10.4. The highest BCUT2D eigenvalue weighted by molar-refractivity contribution is 5.66. The van der Waals surface area contributed by atoms with Crippen LogP contribution in [0.5, 0.6) is 0 Å². The van der Waals surface area contributed by atoms with Crippen LogP contribution in [0, 0.1) is 19.7 Å². The molecule has 5 heteroatoms.